The number of amides is 2. The first-order chi connectivity index (χ1) is 12.9. The van der Waals surface area contributed by atoms with Crippen molar-refractivity contribution in [3.63, 3.8) is 0 Å². The molecule has 2 aliphatic rings. The number of halogens is 1. The molecule has 0 aromatic heterocycles. The molecule has 6 heteroatoms. The molecule has 2 heterocycles. The Bertz CT molecular complexity index is 904. The Balaban J connectivity index is 1.43. The Kier molecular flexibility index (Phi) is 4.56. The quantitative estimate of drug-likeness (QED) is 0.776. The lowest BCUT2D eigenvalue weighted by Gasteiger charge is -2.43. The Labute approximate surface area is 163 Å². The number of ketones is 1. The molecule has 0 aliphatic carbocycles. The molecule has 2 aromatic carbocycles. The van der Waals surface area contributed by atoms with Gasteiger partial charge < -0.3 is 15.0 Å². The monoisotopic (exact) mass is 384 g/mol. The first kappa shape index (κ1) is 17.9. The van der Waals surface area contributed by atoms with Crippen LogP contribution in [0.4, 0.5) is 10.5 Å². The summed E-state index contributed by atoms with van der Waals surface area (Å²) in [6, 6.07) is 12.6. The summed E-state index contributed by atoms with van der Waals surface area (Å²) in [4.78, 5) is 26.9. The van der Waals surface area contributed by atoms with Crippen LogP contribution in [-0.4, -0.2) is 35.4 Å². The summed E-state index contributed by atoms with van der Waals surface area (Å²) in [7, 11) is 0. The van der Waals surface area contributed by atoms with Crippen LogP contribution in [0.3, 0.4) is 0 Å². The fourth-order valence-corrected chi connectivity index (χ4v) is 3.96. The van der Waals surface area contributed by atoms with E-state index in [-0.39, 0.29) is 11.8 Å². The van der Waals surface area contributed by atoms with E-state index in [1.807, 2.05) is 25.1 Å². The second kappa shape index (κ2) is 6.89. The van der Waals surface area contributed by atoms with Gasteiger partial charge in [0.15, 0.2) is 5.78 Å². The zero-order chi connectivity index (χ0) is 19.0. The van der Waals surface area contributed by atoms with Crippen molar-refractivity contribution in [1.82, 2.24) is 4.90 Å². The molecule has 0 bridgehead atoms. The van der Waals surface area contributed by atoms with E-state index < -0.39 is 5.60 Å². The number of likely N-dealkylation sites (tertiary alicyclic amines) is 1. The van der Waals surface area contributed by atoms with Gasteiger partial charge in [0.1, 0.15) is 11.4 Å². The van der Waals surface area contributed by atoms with Crippen molar-refractivity contribution in [1.29, 1.82) is 0 Å². The lowest BCUT2D eigenvalue weighted by Crippen LogP contribution is -2.53. The van der Waals surface area contributed by atoms with E-state index in [2.05, 4.69) is 5.32 Å². The molecule has 2 aliphatic heterocycles. The minimum Gasteiger partial charge on any atom is -0.486 e. The molecule has 1 saturated heterocycles. The number of carbonyl (C=O) groups excluding carboxylic acids is 2. The second-order valence-electron chi connectivity index (χ2n) is 7.31. The zero-order valence-electron chi connectivity index (χ0n) is 15.1. The summed E-state index contributed by atoms with van der Waals surface area (Å²) >= 11 is 5.96. The van der Waals surface area contributed by atoms with Crippen LogP contribution in [0.25, 0.3) is 0 Å². The van der Waals surface area contributed by atoms with Crippen LogP contribution < -0.4 is 10.1 Å². The normalized spacial score (nSPS) is 18.0. The van der Waals surface area contributed by atoms with Gasteiger partial charge in [-0.25, -0.2) is 4.79 Å². The molecular weight excluding hydrogens is 364 g/mol. The molecule has 1 N–H and O–H groups in total. The Morgan fingerprint density at radius 1 is 1.19 bits per heavy atom. The molecule has 0 atom stereocenters. The minimum absolute atomic E-state index is 0.119. The van der Waals surface area contributed by atoms with E-state index in [1.165, 1.54) is 0 Å². The molecule has 1 spiro atoms. The molecule has 0 saturated carbocycles. The molecule has 4 rings (SSSR count). The first-order valence-corrected chi connectivity index (χ1v) is 9.46. The van der Waals surface area contributed by atoms with Crippen LogP contribution in [0.5, 0.6) is 5.75 Å². The standard InChI is InChI=1S/C21H21ClN2O3/c1-14-5-6-17-18(25)13-21(27-19(17)11-14)7-9-24(10-8-21)20(26)23-16-4-2-3-15(22)12-16/h2-6,11-12H,7-10,13H2,1H3,(H,23,26). The summed E-state index contributed by atoms with van der Waals surface area (Å²) in [6.45, 7) is 3.07. The third-order valence-electron chi connectivity index (χ3n) is 5.28. The number of anilines is 1. The van der Waals surface area contributed by atoms with Crippen molar-refractivity contribution in [3.8, 4) is 5.75 Å². The van der Waals surface area contributed by atoms with E-state index in [9.17, 15) is 9.59 Å². The van der Waals surface area contributed by atoms with Gasteiger partial charge in [-0.15, -0.1) is 0 Å². The van der Waals surface area contributed by atoms with Gasteiger partial charge in [-0.05, 0) is 42.8 Å². The maximum Gasteiger partial charge on any atom is 0.321 e. The van der Waals surface area contributed by atoms with Crippen LogP contribution in [0.1, 0.15) is 35.2 Å². The van der Waals surface area contributed by atoms with Crippen LogP contribution in [0.15, 0.2) is 42.5 Å². The third kappa shape index (κ3) is 3.65. The third-order valence-corrected chi connectivity index (χ3v) is 5.52. The van der Waals surface area contributed by atoms with Crippen LogP contribution in [0, 0.1) is 6.92 Å². The van der Waals surface area contributed by atoms with Crippen molar-refractivity contribution < 1.29 is 14.3 Å². The number of Topliss-reactive ketones (excluding diaryl/α,β-unsaturated/α-hetero) is 1. The molecule has 2 amide bonds. The Morgan fingerprint density at radius 3 is 2.70 bits per heavy atom. The summed E-state index contributed by atoms with van der Waals surface area (Å²) in [5.74, 6) is 0.788. The predicted octanol–water partition coefficient (Wildman–Crippen LogP) is 4.68. The topological polar surface area (TPSA) is 58.6 Å². The van der Waals surface area contributed by atoms with E-state index >= 15 is 0 Å². The van der Waals surface area contributed by atoms with Crippen LogP contribution >= 0.6 is 11.6 Å². The maximum atomic E-state index is 12.6. The van der Waals surface area contributed by atoms with Crippen LogP contribution in [0.2, 0.25) is 5.02 Å². The van der Waals surface area contributed by atoms with Crippen molar-refractivity contribution in [3.05, 3.63) is 58.6 Å². The van der Waals surface area contributed by atoms with Crippen molar-refractivity contribution in [2.75, 3.05) is 18.4 Å². The van der Waals surface area contributed by atoms with Crippen molar-refractivity contribution >= 4 is 29.1 Å². The number of piperidine rings is 1. The summed E-state index contributed by atoms with van der Waals surface area (Å²) < 4.78 is 6.28. The molecule has 5 nitrogen and oxygen atoms in total. The summed E-state index contributed by atoms with van der Waals surface area (Å²) in [5, 5.41) is 3.45. The fraction of sp³-hybridized carbons (Fsp3) is 0.333. The lowest BCUT2D eigenvalue weighted by atomic mass is 9.82. The SMILES string of the molecule is Cc1ccc2c(c1)OC1(CCN(C(=O)Nc3cccc(Cl)c3)CC1)CC2=O. The number of hydrogen-bond donors (Lipinski definition) is 1. The van der Waals surface area contributed by atoms with E-state index in [0.717, 1.165) is 5.56 Å². The van der Waals surface area contributed by atoms with E-state index in [4.69, 9.17) is 16.3 Å². The number of aryl methyl sites for hydroxylation is 1. The van der Waals surface area contributed by atoms with Crippen molar-refractivity contribution in [2.24, 2.45) is 0 Å². The highest BCUT2D eigenvalue weighted by molar-refractivity contribution is 6.30. The maximum absolute atomic E-state index is 12.6. The highest BCUT2D eigenvalue weighted by Crippen LogP contribution is 2.39. The number of urea groups is 1. The molecule has 140 valence electrons. The number of hydrogen-bond acceptors (Lipinski definition) is 3. The summed E-state index contributed by atoms with van der Waals surface area (Å²) in [5.41, 5.74) is 1.88. The highest BCUT2D eigenvalue weighted by atomic mass is 35.5. The van der Waals surface area contributed by atoms with Gasteiger partial charge in [-0.1, -0.05) is 23.7 Å². The summed E-state index contributed by atoms with van der Waals surface area (Å²) in [6.07, 6.45) is 1.64. The number of nitrogens with zero attached hydrogens (tertiary/aromatic N) is 1. The van der Waals surface area contributed by atoms with Gasteiger partial charge in [0.2, 0.25) is 0 Å². The number of fused-ring (bicyclic) bond motifs is 1. The van der Waals surface area contributed by atoms with Gasteiger partial charge in [-0.2, -0.15) is 0 Å². The van der Waals surface area contributed by atoms with Gasteiger partial charge in [0, 0.05) is 36.6 Å². The van der Waals surface area contributed by atoms with Gasteiger partial charge in [0.05, 0.1) is 12.0 Å². The van der Waals surface area contributed by atoms with E-state index in [0.29, 0.717) is 54.4 Å². The first-order valence-electron chi connectivity index (χ1n) is 9.09. The molecule has 0 radical (unpaired) electrons. The number of carbonyl (C=O) groups is 2. The number of benzene rings is 2. The zero-order valence-corrected chi connectivity index (χ0v) is 15.9. The van der Waals surface area contributed by atoms with Gasteiger partial charge >= 0.3 is 6.03 Å². The fourth-order valence-electron chi connectivity index (χ4n) is 3.77. The van der Waals surface area contributed by atoms with Gasteiger partial charge in [-0.3, -0.25) is 4.79 Å². The number of rotatable bonds is 1. The van der Waals surface area contributed by atoms with Gasteiger partial charge in [0.25, 0.3) is 0 Å². The molecular formula is C21H21ClN2O3. The van der Waals surface area contributed by atoms with Crippen LogP contribution in [-0.2, 0) is 0 Å². The second-order valence-corrected chi connectivity index (χ2v) is 7.75. The average Bonchev–Trinajstić information content (AvgIpc) is 2.61. The number of nitrogens with one attached hydrogen (secondary N) is 1. The predicted molar refractivity (Wildman–Crippen MR) is 105 cm³/mol. The Morgan fingerprint density at radius 2 is 1.96 bits per heavy atom. The molecule has 1 fully saturated rings. The Hall–Kier alpha value is -2.53. The largest absolute Gasteiger partial charge is 0.486 e. The molecule has 2 aromatic rings. The smallest absolute Gasteiger partial charge is 0.321 e. The number of ether oxygens (including phenoxy) is 1. The lowest BCUT2D eigenvalue weighted by molar-refractivity contribution is 0.000358. The van der Waals surface area contributed by atoms with Crippen molar-refractivity contribution in [2.45, 2.75) is 31.8 Å². The minimum atomic E-state index is -0.509. The van der Waals surface area contributed by atoms with E-state index in [1.54, 1.807) is 29.2 Å². The molecule has 27 heavy (non-hydrogen) atoms. The molecule has 0 unspecified atom stereocenters. The average molecular weight is 385 g/mol. The highest BCUT2D eigenvalue weighted by Gasteiger charge is 2.43.